The normalized spacial score (nSPS) is 23.2. The van der Waals surface area contributed by atoms with Gasteiger partial charge in [0.05, 0.1) is 0 Å². The highest BCUT2D eigenvalue weighted by atomic mass is 19.1. The van der Waals surface area contributed by atoms with E-state index < -0.39 is 6.17 Å². The summed E-state index contributed by atoms with van der Waals surface area (Å²) in [5, 5.41) is 0. The average molecular weight is 349 g/mol. The molecule has 0 spiro atoms. The summed E-state index contributed by atoms with van der Waals surface area (Å²) >= 11 is 0. The summed E-state index contributed by atoms with van der Waals surface area (Å²) in [5.74, 6) is 2.97. The third-order valence-electron chi connectivity index (χ3n) is 5.92. The molecule has 1 aliphatic carbocycles. The molecule has 1 nitrogen and oxygen atoms in total. The summed E-state index contributed by atoms with van der Waals surface area (Å²) in [7, 11) is 0. The quantitative estimate of drug-likeness (QED) is 0.410. The van der Waals surface area contributed by atoms with Gasteiger partial charge in [-0.15, -0.1) is 0 Å². The number of benzene rings is 1. The van der Waals surface area contributed by atoms with Crippen LogP contribution in [0.1, 0.15) is 78.1 Å². The molecule has 0 saturated heterocycles. The minimum absolute atomic E-state index is 0.191. The zero-order valence-electron chi connectivity index (χ0n) is 16.3. The van der Waals surface area contributed by atoms with Crippen molar-refractivity contribution in [2.45, 2.75) is 84.2 Å². The van der Waals surface area contributed by atoms with Crippen molar-refractivity contribution in [3.8, 4) is 5.75 Å². The molecular formula is C23H37FO. The molecule has 25 heavy (non-hydrogen) atoms. The second-order valence-electron chi connectivity index (χ2n) is 7.93. The van der Waals surface area contributed by atoms with Gasteiger partial charge in [-0.2, -0.15) is 0 Å². The van der Waals surface area contributed by atoms with E-state index in [4.69, 9.17) is 4.74 Å². The second kappa shape index (κ2) is 11.5. The molecule has 1 saturated carbocycles. The maximum atomic E-state index is 14.5. The van der Waals surface area contributed by atoms with E-state index in [2.05, 4.69) is 13.8 Å². The highest BCUT2D eigenvalue weighted by Crippen LogP contribution is 2.39. The van der Waals surface area contributed by atoms with Gasteiger partial charge >= 0.3 is 0 Å². The van der Waals surface area contributed by atoms with Crippen LogP contribution in [0.25, 0.3) is 0 Å². The zero-order valence-corrected chi connectivity index (χ0v) is 16.3. The van der Waals surface area contributed by atoms with Crippen LogP contribution in [0.4, 0.5) is 4.39 Å². The van der Waals surface area contributed by atoms with E-state index in [1.54, 1.807) is 0 Å². The Bertz CT molecular complexity index is 439. The summed E-state index contributed by atoms with van der Waals surface area (Å²) in [5.41, 5.74) is 0. The summed E-state index contributed by atoms with van der Waals surface area (Å²) in [6, 6.07) is 9.61. The van der Waals surface area contributed by atoms with Crippen molar-refractivity contribution in [1.29, 1.82) is 0 Å². The topological polar surface area (TPSA) is 9.23 Å². The van der Waals surface area contributed by atoms with Crippen LogP contribution in [-0.2, 0) is 0 Å². The van der Waals surface area contributed by atoms with E-state index in [-0.39, 0.29) is 6.61 Å². The van der Waals surface area contributed by atoms with E-state index in [1.165, 1.54) is 44.9 Å². The number of hydrogen-bond acceptors (Lipinski definition) is 1. The molecule has 142 valence electrons. The van der Waals surface area contributed by atoms with Crippen LogP contribution in [0.5, 0.6) is 5.75 Å². The molecule has 1 fully saturated rings. The van der Waals surface area contributed by atoms with Crippen molar-refractivity contribution >= 4 is 0 Å². The number of alkyl halides is 1. The largest absolute Gasteiger partial charge is 0.491 e. The van der Waals surface area contributed by atoms with Crippen LogP contribution < -0.4 is 4.74 Å². The lowest BCUT2D eigenvalue weighted by molar-refractivity contribution is 0.120. The number of rotatable bonds is 11. The maximum Gasteiger partial charge on any atom is 0.134 e. The predicted molar refractivity (Wildman–Crippen MR) is 105 cm³/mol. The minimum Gasteiger partial charge on any atom is -0.491 e. The van der Waals surface area contributed by atoms with Gasteiger partial charge in [0.1, 0.15) is 18.5 Å². The molecular weight excluding hydrogens is 311 g/mol. The predicted octanol–water partition coefficient (Wildman–Crippen LogP) is 7.21. The van der Waals surface area contributed by atoms with Crippen molar-refractivity contribution in [2.75, 3.05) is 6.61 Å². The van der Waals surface area contributed by atoms with Gasteiger partial charge in [0.2, 0.25) is 0 Å². The zero-order chi connectivity index (χ0) is 17.9. The van der Waals surface area contributed by atoms with E-state index in [1.807, 2.05) is 30.3 Å². The van der Waals surface area contributed by atoms with E-state index >= 15 is 0 Å². The van der Waals surface area contributed by atoms with Crippen LogP contribution in [-0.4, -0.2) is 12.8 Å². The fraction of sp³-hybridized carbons (Fsp3) is 0.739. The van der Waals surface area contributed by atoms with Gasteiger partial charge in [0.25, 0.3) is 0 Å². The van der Waals surface area contributed by atoms with Crippen LogP contribution in [0.15, 0.2) is 30.3 Å². The van der Waals surface area contributed by atoms with Gasteiger partial charge in [-0.3, -0.25) is 0 Å². The van der Waals surface area contributed by atoms with Gasteiger partial charge in [-0.25, -0.2) is 4.39 Å². The Morgan fingerprint density at radius 3 is 2.40 bits per heavy atom. The summed E-state index contributed by atoms with van der Waals surface area (Å²) in [6.07, 6.45) is 11.6. The first-order chi connectivity index (χ1) is 12.2. The molecule has 0 heterocycles. The third-order valence-corrected chi connectivity index (χ3v) is 5.92. The number of halogens is 1. The number of ether oxygens (including phenoxy) is 1. The molecule has 2 atom stereocenters. The molecule has 2 unspecified atom stereocenters. The van der Waals surface area contributed by atoms with Crippen LogP contribution in [0.2, 0.25) is 0 Å². The first kappa shape index (κ1) is 20.3. The Kier molecular flexibility index (Phi) is 9.36. The third kappa shape index (κ3) is 7.38. The van der Waals surface area contributed by atoms with Crippen molar-refractivity contribution in [1.82, 2.24) is 0 Å². The Balaban J connectivity index is 1.75. The summed E-state index contributed by atoms with van der Waals surface area (Å²) in [4.78, 5) is 0. The maximum absolute atomic E-state index is 14.5. The molecule has 0 bridgehead atoms. The molecule has 0 N–H and O–H groups in total. The van der Waals surface area contributed by atoms with Crippen molar-refractivity contribution in [3.63, 3.8) is 0 Å². The Labute approximate surface area is 154 Å². The molecule has 0 amide bonds. The summed E-state index contributed by atoms with van der Waals surface area (Å²) < 4.78 is 20.2. The molecule has 2 rings (SSSR count). The standard InChI is InChI=1S/C23H37FO/c1-3-5-10-19-13-15-20(16-14-19)21(9-4-2)17-22(24)18-25-23-11-7-6-8-12-23/h6-8,11-12,19-22H,3-5,9-10,13-18H2,1-2H3/t19-,20-,21?,22?. The van der Waals surface area contributed by atoms with Gasteiger partial charge in [0, 0.05) is 0 Å². The lowest BCUT2D eigenvalue weighted by Gasteiger charge is -2.34. The molecule has 0 aromatic heterocycles. The van der Waals surface area contributed by atoms with E-state index in [0.29, 0.717) is 12.3 Å². The highest BCUT2D eigenvalue weighted by molar-refractivity contribution is 5.20. The average Bonchev–Trinajstić information content (AvgIpc) is 2.66. The molecule has 0 aliphatic heterocycles. The molecule has 1 aromatic rings. The van der Waals surface area contributed by atoms with Gasteiger partial charge in [0.15, 0.2) is 0 Å². The van der Waals surface area contributed by atoms with Crippen molar-refractivity contribution in [3.05, 3.63) is 30.3 Å². The number of hydrogen-bond donors (Lipinski definition) is 0. The molecule has 0 radical (unpaired) electrons. The van der Waals surface area contributed by atoms with Crippen molar-refractivity contribution in [2.24, 2.45) is 17.8 Å². The van der Waals surface area contributed by atoms with Crippen LogP contribution >= 0.6 is 0 Å². The Morgan fingerprint density at radius 2 is 1.76 bits per heavy atom. The molecule has 1 aliphatic rings. The Morgan fingerprint density at radius 1 is 1.04 bits per heavy atom. The fourth-order valence-electron chi connectivity index (χ4n) is 4.46. The van der Waals surface area contributed by atoms with Gasteiger partial charge in [-0.1, -0.05) is 77.0 Å². The first-order valence-corrected chi connectivity index (χ1v) is 10.5. The van der Waals surface area contributed by atoms with Gasteiger partial charge < -0.3 is 4.74 Å². The fourth-order valence-corrected chi connectivity index (χ4v) is 4.46. The van der Waals surface area contributed by atoms with E-state index in [9.17, 15) is 4.39 Å². The molecule has 1 aromatic carbocycles. The number of unbranched alkanes of at least 4 members (excludes halogenated alkanes) is 1. The molecule has 2 heteroatoms. The second-order valence-corrected chi connectivity index (χ2v) is 7.93. The van der Waals surface area contributed by atoms with Crippen LogP contribution in [0.3, 0.4) is 0 Å². The lowest BCUT2D eigenvalue weighted by atomic mass is 9.72. The SMILES string of the molecule is CCCC[C@H]1CC[C@H](C(CCC)CC(F)COc2ccccc2)CC1. The minimum atomic E-state index is -0.852. The first-order valence-electron chi connectivity index (χ1n) is 10.5. The monoisotopic (exact) mass is 348 g/mol. The number of para-hydroxylation sites is 1. The lowest BCUT2D eigenvalue weighted by Crippen LogP contribution is -2.26. The Hall–Kier alpha value is -1.05. The van der Waals surface area contributed by atoms with Crippen LogP contribution in [0, 0.1) is 17.8 Å². The van der Waals surface area contributed by atoms with Gasteiger partial charge in [-0.05, 0) is 49.1 Å². The summed E-state index contributed by atoms with van der Waals surface area (Å²) in [6.45, 7) is 4.70. The van der Waals surface area contributed by atoms with Crippen molar-refractivity contribution < 1.29 is 9.13 Å². The smallest absolute Gasteiger partial charge is 0.134 e. The van der Waals surface area contributed by atoms with E-state index in [0.717, 1.165) is 30.4 Å². The highest BCUT2D eigenvalue weighted by Gasteiger charge is 2.29.